The molecule has 6 N–H and O–H groups in total. The topological polar surface area (TPSA) is 431 Å². The summed E-state index contributed by atoms with van der Waals surface area (Å²) in [6.07, 6.45) is 1.73. The number of anilines is 3. The predicted molar refractivity (Wildman–Crippen MR) is 360 cm³/mol. The van der Waals surface area contributed by atoms with E-state index in [1.54, 1.807) is 0 Å². The van der Waals surface area contributed by atoms with E-state index < -0.39 is 121 Å². The average Bonchev–Trinajstić information content (AvgIpc) is 0.795. The Morgan fingerprint density at radius 2 is 0.610 bits per heavy atom. The summed E-state index contributed by atoms with van der Waals surface area (Å²) < 4.78 is 116. The van der Waals surface area contributed by atoms with Crippen LogP contribution in [0.1, 0.15) is 132 Å². The molecule has 3 heterocycles. The van der Waals surface area contributed by atoms with Crippen LogP contribution in [-0.2, 0) is 61.5 Å². The first-order chi connectivity index (χ1) is 45.9. The van der Waals surface area contributed by atoms with Crippen molar-refractivity contribution in [1.82, 2.24) is 29.9 Å². The number of nitrogens with zero attached hydrogens (tertiary/aromatic N) is 9. The molecule has 0 aliphatic heterocycles. The van der Waals surface area contributed by atoms with Gasteiger partial charge in [-0.1, -0.05) is 78.0 Å². The van der Waals surface area contributed by atoms with E-state index in [0.717, 1.165) is 31.7 Å². The summed E-state index contributed by atoms with van der Waals surface area (Å²) in [5.74, 6) is -6.42. The van der Waals surface area contributed by atoms with Gasteiger partial charge in [-0.15, -0.1) is 0 Å². The minimum absolute atomic E-state index is 0. The molecule has 34 heteroatoms. The van der Waals surface area contributed by atoms with Crippen molar-refractivity contribution in [2.45, 2.75) is 134 Å². The Kier molecular flexibility index (Phi) is 32.7. The molecule has 545 valence electrons. The van der Waals surface area contributed by atoms with Crippen molar-refractivity contribution in [2.75, 3.05) is 52.8 Å². The second-order valence-corrected chi connectivity index (χ2v) is 29.9. The number of rotatable bonds is 30. The van der Waals surface area contributed by atoms with E-state index in [1.807, 2.05) is 41.5 Å². The van der Waals surface area contributed by atoms with Crippen molar-refractivity contribution in [3.05, 3.63) is 142 Å². The number of aliphatic hydroxyl groups excluding tert-OH is 6. The number of carboxylic acid groups (broad SMARTS) is 3. The van der Waals surface area contributed by atoms with Gasteiger partial charge < -0.3 is 60.3 Å². The largest absolute Gasteiger partial charge is 3.00 e. The van der Waals surface area contributed by atoms with Crippen LogP contribution in [0.5, 0.6) is 0 Å². The maximum absolute atomic E-state index is 13.5. The zero-order valence-corrected chi connectivity index (χ0v) is 60.2. The first-order valence-electron chi connectivity index (χ1n) is 30.5. The van der Waals surface area contributed by atoms with Crippen LogP contribution in [0.2, 0.25) is 0 Å². The smallest absolute Gasteiger partial charge is 0.550 e. The number of carboxylic acids is 3. The van der Waals surface area contributed by atoms with Crippen molar-refractivity contribution < 1.29 is 116 Å². The number of carbonyl (C=O) groups is 3. The summed E-state index contributed by atoms with van der Waals surface area (Å²) in [6, 6.07) is 16.4. The van der Waals surface area contributed by atoms with Gasteiger partial charge in [0.15, 0.2) is 0 Å². The number of hydrogen-bond acceptors (Lipinski definition) is 24. The SMILES string of the molecule is CC(C)c1nc(N(C)S(C)(=O)=O)nc(-c2ccc(F)cc2)c1/C=C/[C@@H](O)C[C@@H](O)CC(=O)[O-].CC(C)c1nc(N(C)S(C)(=O)=O)nc(-c2ccc(F)cc2)c1/C=C/[C@@H](O)C[C@@H](O)CC(=O)[O-].CC(C)c1nc(N(C)S(C)(=O)=O)nc(-c2ccc(F)cc2)c1/C=C/[C@@H](O)C[C@@H](O)CC(=O)[O-].[Fe+3]. The Labute approximate surface area is 589 Å². The van der Waals surface area contributed by atoms with Gasteiger partial charge in [-0.2, -0.15) is 0 Å². The number of benzene rings is 3. The Morgan fingerprint density at radius 1 is 0.410 bits per heavy atom. The van der Waals surface area contributed by atoms with Crippen LogP contribution in [0.25, 0.3) is 52.0 Å². The first-order valence-corrected chi connectivity index (χ1v) is 36.0. The fraction of sp³-hybridized carbons (Fsp3) is 0.409. The summed E-state index contributed by atoms with van der Waals surface area (Å²) in [5.41, 5.74) is 5.28. The van der Waals surface area contributed by atoms with Crippen molar-refractivity contribution in [2.24, 2.45) is 0 Å². The minimum Gasteiger partial charge on any atom is -0.550 e. The molecule has 6 aromatic rings. The zero-order chi connectivity index (χ0) is 74.8. The van der Waals surface area contributed by atoms with Crippen LogP contribution in [0.15, 0.2) is 91.0 Å². The van der Waals surface area contributed by atoms with Crippen LogP contribution >= 0.6 is 0 Å². The van der Waals surface area contributed by atoms with Crippen LogP contribution in [0.3, 0.4) is 0 Å². The molecule has 0 unspecified atom stereocenters. The van der Waals surface area contributed by atoms with Gasteiger partial charge in [0.2, 0.25) is 47.9 Å². The molecule has 0 spiro atoms. The second kappa shape index (κ2) is 38.0. The number of carbonyl (C=O) groups excluding carboxylic acids is 3. The predicted octanol–water partition coefficient (Wildman–Crippen LogP) is 3.20. The van der Waals surface area contributed by atoms with E-state index >= 15 is 0 Å². The molecule has 27 nitrogen and oxygen atoms in total. The Morgan fingerprint density at radius 3 is 0.780 bits per heavy atom. The number of halogens is 3. The van der Waals surface area contributed by atoms with E-state index in [2.05, 4.69) is 29.9 Å². The van der Waals surface area contributed by atoms with Crippen LogP contribution in [0, 0.1) is 17.5 Å². The van der Waals surface area contributed by atoms with Crippen molar-refractivity contribution in [1.29, 1.82) is 0 Å². The number of hydrogen-bond donors (Lipinski definition) is 6. The molecule has 0 saturated heterocycles. The number of sulfonamides is 3. The molecule has 0 saturated carbocycles. The van der Waals surface area contributed by atoms with Gasteiger partial charge in [0.05, 0.1) is 89.6 Å². The van der Waals surface area contributed by atoms with E-state index in [1.165, 1.54) is 130 Å². The van der Waals surface area contributed by atoms with Crippen LogP contribution in [0.4, 0.5) is 31.0 Å². The Bertz CT molecular complexity index is 3790. The first kappa shape index (κ1) is 86.1. The summed E-state index contributed by atoms with van der Waals surface area (Å²) >= 11 is 0. The van der Waals surface area contributed by atoms with Gasteiger partial charge in [0, 0.05) is 111 Å². The standard InChI is InChI=1S/3C22H28FN3O6S.Fe/c3*1-13(2)20-18(10-9-16(27)11-17(28)12-19(29)30)21(14-5-7-15(23)8-6-14)25-22(24-20)26(3)33(4,31)32;/h3*5-10,13,16-17,27-28H,11-12H2,1-4H3,(H,29,30);/q;;;+3/p-3/b3*10-9+;/t3*16-,17-;/m111./s1. The van der Waals surface area contributed by atoms with E-state index in [-0.39, 0.29) is 71.9 Å². The fourth-order valence-corrected chi connectivity index (χ4v) is 10.2. The number of aromatic nitrogens is 6. The molecule has 0 aliphatic carbocycles. The molecule has 0 fully saturated rings. The second-order valence-electron chi connectivity index (χ2n) is 23.9. The van der Waals surface area contributed by atoms with E-state index in [9.17, 15) is 98.8 Å². The normalized spacial score (nSPS) is 13.8. The van der Waals surface area contributed by atoms with Crippen LogP contribution in [-0.4, -0.2) is 180 Å². The van der Waals surface area contributed by atoms with Crippen molar-refractivity contribution >= 4 is 84.1 Å². The van der Waals surface area contributed by atoms with Gasteiger partial charge in [-0.05, 0) is 90.6 Å². The quantitative estimate of drug-likeness (QED) is 0.0353. The number of aliphatic hydroxyl groups is 6. The van der Waals surface area contributed by atoms with E-state index in [0.29, 0.717) is 67.5 Å². The third-order valence-corrected chi connectivity index (χ3v) is 17.9. The molecule has 3 aromatic heterocycles. The average molecular weight is 1500 g/mol. The molecule has 6 rings (SSSR count). The summed E-state index contributed by atoms with van der Waals surface area (Å²) in [5, 5.41) is 91.7. The summed E-state index contributed by atoms with van der Waals surface area (Å²) in [6.45, 7) is 11.1. The summed E-state index contributed by atoms with van der Waals surface area (Å²) in [4.78, 5) is 58.3. The molecular formula is C66H81F3FeN9O18S3. The zero-order valence-electron chi connectivity index (χ0n) is 56.7. The van der Waals surface area contributed by atoms with Gasteiger partial charge in [-0.3, -0.25) is 0 Å². The molecule has 0 bridgehead atoms. The van der Waals surface area contributed by atoms with Crippen LogP contribution < -0.4 is 28.2 Å². The molecular weight excluding hydrogens is 1420 g/mol. The third-order valence-electron chi connectivity index (χ3n) is 14.4. The molecule has 0 amide bonds. The monoisotopic (exact) mass is 1500 g/mol. The molecule has 1 radical (unpaired) electrons. The molecule has 3 aromatic carbocycles. The third kappa shape index (κ3) is 26.7. The Balaban J connectivity index is 0.000000388. The van der Waals surface area contributed by atoms with Gasteiger partial charge in [0.1, 0.15) is 17.5 Å². The molecule has 6 atom stereocenters. The van der Waals surface area contributed by atoms with Gasteiger partial charge in [0.25, 0.3) is 0 Å². The van der Waals surface area contributed by atoms with Crippen molar-refractivity contribution in [3.63, 3.8) is 0 Å². The van der Waals surface area contributed by atoms with Gasteiger partial charge in [-0.25, -0.2) is 81.2 Å². The molecule has 100 heavy (non-hydrogen) atoms. The fourth-order valence-electron chi connectivity index (χ4n) is 9.11. The van der Waals surface area contributed by atoms with Gasteiger partial charge >= 0.3 is 17.1 Å². The maximum atomic E-state index is 13.5. The summed E-state index contributed by atoms with van der Waals surface area (Å²) in [7, 11) is -7.01. The maximum Gasteiger partial charge on any atom is 3.00 e. The Hall–Kier alpha value is -8.15. The minimum atomic E-state index is -3.66. The van der Waals surface area contributed by atoms with E-state index in [4.69, 9.17) is 0 Å². The molecule has 0 aliphatic rings. The van der Waals surface area contributed by atoms with Crippen molar-refractivity contribution in [3.8, 4) is 33.8 Å². The number of aliphatic carboxylic acids is 3.